The molecule has 3 N–H and O–H groups in total. The van der Waals surface area contributed by atoms with E-state index in [9.17, 15) is 14.7 Å². The lowest BCUT2D eigenvalue weighted by molar-refractivity contribution is -0.137. The van der Waals surface area contributed by atoms with E-state index in [1.54, 1.807) is 11.8 Å². The number of nitrogens with one attached hydrogen (secondary N) is 1. The Hall–Kier alpha value is -1.30. The van der Waals surface area contributed by atoms with Gasteiger partial charge in [-0.2, -0.15) is 0 Å². The van der Waals surface area contributed by atoms with Crippen molar-refractivity contribution in [2.24, 2.45) is 0 Å². The van der Waals surface area contributed by atoms with Crippen molar-refractivity contribution in [1.82, 2.24) is 10.2 Å². The summed E-state index contributed by atoms with van der Waals surface area (Å²) in [6.07, 6.45) is 1.40. The summed E-state index contributed by atoms with van der Waals surface area (Å²) in [4.78, 5) is 23.8. The van der Waals surface area contributed by atoms with Crippen LogP contribution in [0.3, 0.4) is 0 Å². The summed E-state index contributed by atoms with van der Waals surface area (Å²) >= 11 is 0. The van der Waals surface area contributed by atoms with Crippen molar-refractivity contribution < 1.29 is 19.8 Å². The third-order valence-electron chi connectivity index (χ3n) is 2.91. The van der Waals surface area contributed by atoms with Crippen LogP contribution in [0.4, 0.5) is 4.79 Å². The minimum atomic E-state index is -0.854. The highest BCUT2D eigenvalue weighted by Gasteiger charge is 2.22. The first-order chi connectivity index (χ1) is 7.99. The zero-order valence-electron chi connectivity index (χ0n) is 10.1. The van der Waals surface area contributed by atoms with E-state index in [1.165, 1.54) is 0 Å². The largest absolute Gasteiger partial charge is 0.481 e. The van der Waals surface area contributed by atoms with Gasteiger partial charge in [0.15, 0.2) is 0 Å². The molecule has 1 aliphatic heterocycles. The zero-order valence-corrected chi connectivity index (χ0v) is 10.1. The lowest BCUT2D eigenvalue weighted by atomic mass is 10.1. The van der Waals surface area contributed by atoms with Crippen LogP contribution in [0.5, 0.6) is 0 Å². The SMILES string of the molecule is CC(CCC(=O)O)NC(=O)N1CCC(O)CC1. The Bertz CT molecular complexity index is 275. The number of likely N-dealkylation sites (tertiary alicyclic amines) is 1. The fourth-order valence-electron chi connectivity index (χ4n) is 1.78. The molecule has 1 atom stereocenters. The van der Waals surface area contributed by atoms with Gasteiger partial charge in [-0.15, -0.1) is 0 Å². The van der Waals surface area contributed by atoms with E-state index < -0.39 is 5.97 Å². The Morgan fingerprint density at radius 3 is 2.53 bits per heavy atom. The molecule has 6 nitrogen and oxygen atoms in total. The molecule has 1 heterocycles. The number of aliphatic carboxylic acids is 1. The highest BCUT2D eigenvalue weighted by molar-refractivity contribution is 5.74. The van der Waals surface area contributed by atoms with Crippen molar-refractivity contribution in [2.45, 2.75) is 44.8 Å². The molecule has 1 aliphatic rings. The van der Waals surface area contributed by atoms with Crippen LogP contribution in [0.2, 0.25) is 0 Å². The predicted molar refractivity (Wildman–Crippen MR) is 61.7 cm³/mol. The number of carboxylic acid groups (broad SMARTS) is 1. The van der Waals surface area contributed by atoms with Crippen LogP contribution in [0.1, 0.15) is 32.6 Å². The number of hydrogen-bond donors (Lipinski definition) is 3. The minimum absolute atomic E-state index is 0.0557. The number of carbonyl (C=O) groups is 2. The molecule has 2 amide bonds. The first kappa shape index (κ1) is 13.8. The van der Waals surface area contributed by atoms with Crippen LogP contribution in [-0.4, -0.2) is 52.3 Å². The summed E-state index contributed by atoms with van der Waals surface area (Å²) in [5.74, 6) is -0.854. The molecule has 0 saturated carbocycles. The number of carbonyl (C=O) groups excluding carboxylic acids is 1. The molecular formula is C11H20N2O4. The van der Waals surface area contributed by atoms with Crippen molar-refractivity contribution in [2.75, 3.05) is 13.1 Å². The molecule has 1 unspecified atom stereocenters. The molecule has 98 valence electrons. The van der Waals surface area contributed by atoms with E-state index in [-0.39, 0.29) is 24.6 Å². The first-order valence-corrected chi connectivity index (χ1v) is 5.94. The maximum absolute atomic E-state index is 11.7. The lowest BCUT2D eigenvalue weighted by Gasteiger charge is -2.30. The van der Waals surface area contributed by atoms with Crippen molar-refractivity contribution in [1.29, 1.82) is 0 Å². The molecule has 0 aromatic carbocycles. The Kier molecular flexibility index (Phi) is 5.21. The number of piperidine rings is 1. The van der Waals surface area contributed by atoms with Gasteiger partial charge in [0.2, 0.25) is 0 Å². The third-order valence-corrected chi connectivity index (χ3v) is 2.91. The number of aliphatic hydroxyl groups is 1. The van der Waals surface area contributed by atoms with Gasteiger partial charge in [0.1, 0.15) is 0 Å². The second-order valence-electron chi connectivity index (χ2n) is 4.50. The van der Waals surface area contributed by atoms with Crippen LogP contribution < -0.4 is 5.32 Å². The Morgan fingerprint density at radius 2 is 2.00 bits per heavy atom. The van der Waals surface area contributed by atoms with E-state index in [0.717, 1.165) is 0 Å². The summed E-state index contributed by atoms with van der Waals surface area (Å²) in [7, 11) is 0. The number of hydrogen-bond acceptors (Lipinski definition) is 3. The number of carboxylic acids is 1. The molecule has 1 fully saturated rings. The monoisotopic (exact) mass is 244 g/mol. The fraction of sp³-hybridized carbons (Fsp3) is 0.818. The van der Waals surface area contributed by atoms with E-state index in [0.29, 0.717) is 32.4 Å². The van der Waals surface area contributed by atoms with Crippen LogP contribution in [0.15, 0.2) is 0 Å². The molecule has 0 radical (unpaired) electrons. The first-order valence-electron chi connectivity index (χ1n) is 5.94. The second kappa shape index (κ2) is 6.44. The summed E-state index contributed by atoms with van der Waals surface area (Å²) in [5.41, 5.74) is 0. The number of nitrogens with zero attached hydrogens (tertiary/aromatic N) is 1. The van der Waals surface area contributed by atoms with Crippen LogP contribution >= 0.6 is 0 Å². The maximum Gasteiger partial charge on any atom is 0.317 e. The molecule has 6 heteroatoms. The molecule has 0 aromatic heterocycles. The molecule has 0 aromatic rings. The molecule has 1 rings (SSSR count). The van der Waals surface area contributed by atoms with Crippen LogP contribution in [-0.2, 0) is 4.79 Å². The summed E-state index contributed by atoms with van der Waals surface area (Å²) in [6.45, 7) is 2.90. The second-order valence-corrected chi connectivity index (χ2v) is 4.50. The van der Waals surface area contributed by atoms with Crippen LogP contribution in [0.25, 0.3) is 0 Å². The van der Waals surface area contributed by atoms with Gasteiger partial charge < -0.3 is 20.4 Å². The Morgan fingerprint density at radius 1 is 1.41 bits per heavy atom. The molecule has 0 bridgehead atoms. The topological polar surface area (TPSA) is 89.9 Å². The van der Waals surface area contributed by atoms with Gasteiger partial charge in [0.25, 0.3) is 0 Å². The van der Waals surface area contributed by atoms with Gasteiger partial charge >= 0.3 is 12.0 Å². The quantitative estimate of drug-likeness (QED) is 0.668. The molecular weight excluding hydrogens is 224 g/mol. The van der Waals surface area contributed by atoms with Gasteiger partial charge in [0.05, 0.1) is 6.10 Å². The Labute approximate surface area is 101 Å². The fourth-order valence-corrected chi connectivity index (χ4v) is 1.78. The number of rotatable bonds is 4. The average molecular weight is 244 g/mol. The van der Waals surface area contributed by atoms with E-state index in [2.05, 4.69) is 5.32 Å². The molecule has 0 aliphatic carbocycles. The van der Waals surface area contributed by atoms with Crippen molar-refractivity contribution in [3.63, 3.8) is 0 Å². The highest BCUT2D eigenvalue weighted by atomic mass is 16.4. The van der Waals surface area contributed by atoms with Gasteiger partial charge in [-0.25, -0.2) is 4.79 Å². The summed E-state index contributed by atoms with van der Waals surface area (Å²) in [5, 5.41) is 20.6. The van der Waals surface area contributed by atoms with Crippen molar-refractivity contribution in [3.8, 4) is 0 Å². The summed E-state index contributed by atoms with van der Waals surface area (Å²) < 4.78 is 0. The smallest absolute Gasteiger partial charge is 0.317 e. The van der Waals surface area contributed by atoms with Gasteiger partial charge in [0, 0.05) is 25.6 Å². The number of aliphatic hydroxyl groups excluding tert-OH is 1. The minimum Gasteiger partial charge on any atom is -0.481 e. The number of urea groups is 1. The van der Waals surface area contributed by atoms with Gasteiger partial charge in [-0.1, -0.05) is 0 Å². The van der Waals surface area contributed by atoms with E-state index >= 15 is 0 Å². The normalized spacial score (nSPS) is 18.8. The van der Waals surface area contributed by atoms with Crippen molar-refractivity contribution in [3.05, 3.63) is 0 Å². The van der Waals surface area contributed by atoms with Crippen LogP contribution in [0, 0.1) is 0 Å². The zero-order chi connectivity index (χ0) is 12.8. The maximum atomic E-state index is 11.7. The van der Waals surface area contributed by atoms with E-state index in [4.69, 9.17) is 5.11 Å². The number of amides is 2. The molecule has 0 spiro atoms. The highest BCUT2D eigenvalue weighted by Crippen LogP contribution is 2.10. The average Bonchev–Trinajstić information content (AvgIpc) is 2.27. The third kappa shape index (κ3) is 5.04. The van der Waals surface area contributed by atoms with E-state index in [1.807, 2.05) is 0 Å². The standard InChI is InChI=1S/C11H20N2O4/c1-8(2-3-10(15)16)12-11(17)13-6-4-9(14)5-7-13/h8-9,14H,2-7H2,1H3,(H,12,17)(H,15,16). The summed E-state index contributed by atoms with van der Waals surface area (Å²) in [6, 6.07) is -0.319. The van der Waals surface area contributed by atoms with Gasteiger partial charge in [-0.3, -0.25) is 4.79 Å². The Balaban J connectivity index is 2.26. The van der Waals surface area contributed by atoms with Crippen molar-refractivity contribution >= 4 is 12.0 Å². The predicted octanol–water partition coefficient (Wildman–Crippen LogP) is 0.406. The lowest BCUT2D eigenvalue weighted by Crippen LogP contribution is -2.48. The molecule has 17 heavy (non-hydrogen) atoms. The molecule has 1 saturated heterocycles. The van der Waals surface area contributed by atoms with Gasteiger partial charge in [-0.05, 0) is 26.2 Å².